The minimum absolute atomic E-state index is 0.0581. The van der Waals surface area contributed by atoms with E-state index >= 15 is 0 Å². The number of aromatic amines is 1. The number of aromatic nitrogens is 1. The van der Waals surface area contributed by atoms with Crippen LogP contribution < -0.4 is 11.1 Å². The van der Waals surface area contributed by atoms with Gasteiger partial charge < -0.3 is 30.6 Å². The number of ether oxygens (including phenoxy) is 1. The number of amides is 2. The van der Waals surface area contributed by atoms with Crippen molar-refractivity contribution < 1.29 is 14.3 Å². The number of hydrogen-bond acceptors (Lipinski definition) is 5. The van der Waals surface area contributed by atoms with E-state index in [1.165, 1.54) is 6.20 Å². The van der Waals surface area contributed by atoms with Crippen LogP contribution >= 0.6 is 0 Å². The maximum Gasteiger partial charge on any atom is 0.254 e. The molecule has 2 atom stereocenters. The van der Waals surface area contributed by atoms with Crippen molar-refractivity contribution in [3.05, 3.63) is 95.8 Å². The summed E-state index contributed by atoms with van der Waals surface area (Å²) in [5.74, 6) is -0.459. The summed E-state index contributed by atoms with van der Waals surface area (Å²) in [5, 5.41) is 4.35. The summed E-state index contributed by atoms with van der Waals surface area (Å²) in [7, 11) is 1.63. The Morgan fingerprint density at radius 2 is 1.82 bits per heavy atom. The monoisotopic (exact) mass is 515 g/mol. The van der Waals surface area contributed by atoms with Crippen LogP contribution in [0.4, 0.5) is 0 Å². The maximum absolute atomic E-state index is 14.0. The van der Waals surface area contributed by atoms with Crippen LogP contribution in [0.2, 0.25) is 0 Å². The number of carbonyl (C=O) groups excluding carboxylic acids is 2. The van der Waals surface area contributed by atoms with Gasteiger partial charge in [-0.25, -0.2) is 0 Å². The zero-order valence-corrected chi connectivity index (χ0v) is 22.1. The topological polar surface area (TPSA) is 104 Å². The molecule has 3 heterocycles. The molecule has 1 saturated heterocycles. The van der Waals surface area contributed by atoms with Crippen LogP contribution in [0.15, 0.2) is 79.2 Å². The Balaban J connectivity index is 0.000000505. The molecule has 2 unspecified atom stereocenters. The third-order valence-corrected chi connectivity index (χ3v) is 7.02. The van der Waals surface area contributed by atoms with Gasteiger partial charge in [0.1, 0.15) is 0 Å². The number of piperazine rings is 1. The van der Waals surface area contributed by atoms with Gasteiger partial charge in [-0.1, -0.05) is 48.6 Å². The van der Waals surface area contributed by atoms with Gasteiger partial charge in [0.05, 0.1) is 18.6 Å². The van der Waals surface area contributed by atoms with Crippen LogP contribution in [-0.2, 0) is 9.53 Å². The van der Waals surface area contributed by atoms with Crippen LogP contribution in [0.3, 0.4) is 0 Å². The predicted octanol–water partition coefficient (Wildman–Crippen LogP) is 3.56. The third-order valence-electron chi connectivity index (χ3n) is 7.02. The van der Waals surface area contributed by atoms with Crippen LogP contribution in [-0.4, -0.2) is 73.0 Å². The van der Waals surface area contributed by atoms with E-state index < -0.39 is 12.0 Å². The second-order valence-corrected chi connectivity index (χ2v) is 9.28. The summed E-state index contributed by atoms with van der Waals surface area (Å²) in [6.45, 7) is 5.67. The highest BCUT2D eigenvalue weighted by Gasteiger charge is 2.46. The molecular formula is C30H37N5O3. The zero-order valence-electron chi connectivity index (χ0n) is 22.1. The molecule has 200 valence electrons. The molecule has 8 nitrogen and oxygen atoms in total. The lowest BCUT2D eigenvalue weighted by atomic mass is 9.78. The number of nitrogens with zero attached hydrogens (tertiary/aromatic N) is 2. The van der Waals surface area contributed by atoms with Crippen LogP contribution in [0, 0.1) is 0 Å². The van der Waals surface area contributed by atoms with Crippen molar-refractivity contribution in [1.29, 1.82) is 0 Å². The number of H-pyrrole nitrogens is 1. The van der Waals surface area contributed by atoms with Crippen LogP contribution in [0.1, 0.15) is 40.4 Å². The molecule has 38 heavy (non-hydrogen) atoms. The third kappa shape index (κ3) is 5.66. The first-order chi connectivity index (χ1) is 18.6. The van der Waals surface area contributed by atoms with Gasteiger partial charge in [0.2, 0.25) is 5.91 Å². The van der Waals surface area contributed by atoms with Crippen molar-refractivity contribution in [3.8, 4) is 0 Å². The largest absolute Gasteiger partial charge is 0.405 e. The number of para-hydroxylation sites is 1. The molecule has 0 saturated carbocycles. The molecule has 4 N–H and O–H groups in total. The van der Waals surface area contributed by atoms with Crippen LogP contribution in [0.5, 0.6) is 0 Å². The van der Waals surface area contributed by atoms with Gasteiger partial charge in [0.25, 0.3) is 5.91 Å². The number of benzene rings is 2. The molecule has 0 radical (unpaired) electrons. The second-order valence-electron chi connectivity index (χ2n) is 9.28. The number of rotatable bonds is 6. The molecular weight excluding hydrogens is 478 g/mol. The number of allylic oxidation sites excluding steroid dienone is 3. The molecule has 1 aromatic heterocycles. The predicted molar refractivity (Wildman–Crippen MR) is 151 cm³/mol. The molecule has 1 fully saturated rings. The van der Waals surface area contributed by atoms with Crippen LogP contribution in [0.25, 0.3) is 10.9 Å². The lowest BCUT2D eigenvalue weighted by Crippen LogP contribution is -2.52. The Kier molecular flexibility index (Phi) is 9.35. The smallest absolute Gasteiger partial charge is 0.254 e. The Hall–Kier alpha value is -3.88. The minimum Gasteiger partial charge on any atom is -0.405 e. The summed E-state index contributed by atoms with van der Waals surface area (Å²) < 4.78 is 5.34. The van der Waals surface area contributed by atoms with E-state index in [9.17, 15) is 9.59 Å². The summed E-state index contributed by atoms with van der Waals surface area (Å²) in [4.78, 5) is 34.7. The normalized spacial score (nSPS) is 19.6. The van der Waals surface area contributed by atoms with E-state index in [0.29, 0.717) is 31.8 Å². The number of hydrogen-bond donors (Lipinski definition) is 3. The van der Waals surface area contributed by atoms with Gasteiger partial charge in [0, 0.05) is 68.1 Å². The Bertz CT molecular complexity index is 1280. The highest BCUT2D eigenvalue weighted by atomic mass is 16.5. The van der Waals surface area contributed by atoms with Crippen molar-refractivity contribution in [2.24, 2.45) is 5.73 Å². The van der Waals surface area contributed by atoms with Gasteiger partial charge >= 0.3 is 0 Å². The summed E-state index contributed by atoms with van der Waals surface area (Å²) in [6.07, 6.45) is 9.03. The lowest BCUT2D eigenvalue weighted by Gasteiger charge is -2.43. The maximum atomic E-state index is 14.0. The fourth-order valence-electron chi connectivity index (χ4n) is 5.24. The van der Waals surface area contributed by atoms with Crippen molar-refractivity contribution in [2.75, 3.05) is 46.4 Å². The highest BCUT2D eigenvalue weighted by molar-refractivity contribution is 6.02. The van der Waals surface area contributed by atoms with Crippen molar-refractivity contribution in [3.63, 3.8) is 0 Å². The first-order valence-corrected chi connectivity index (χ1v) is 13.1. The lowest BCUT2D eigenvalue weighted by molar-refractivity contribution is -0.135. The summed E-state index contributed by atoms with van der Waals surface area (Å²) in [6, 6.07) is 15.2. The SMILES string of the molecule is C/C=C\C=C/N.COCCN1C(=O)c2ccccc2C(C(=O)N2CCNCC2)C1c1c[nH]c2ccccc12. The standard InChI is InChI=1S/C25H28N4O3.C5H9N/c1-32-15-14-29-23(20-16-27-21-9-5-4-6-17(20)21)22(25(31)28-12-10-26-11-13-28)18-7-2-3-8-19(18)24(29)30;1-2-3-4-5-6/h2-9,16,22-23,26-27H,10-15H2,1H3;2-5H,6H2,1H3/b;3-2-,5-4-. The fraction of sp³-hybridized carbons (Fsp3) is 0.333. The Morgan fingerprint density at radius 3 is 2.53 bits per heavy atom. The number of nitrogens with two attached hydrogens (primary N) is 1. The second kappa shape index (κ2) is 13.1. The van der Waals surface area contributed by atoms with Gasteiger partial charge in [-0.3, -0.25) is 9.59 Å². The molecule has 0 bridgehead atoms. The fourth-order valence-corrected chi connectivity index (χ4v) is 5.24. The quantitative estimate of drug-likeness (QED) is 0.436. The first kappa shape index (κ1) is 27.2. The van der Waals surface area contributed by atoms with E-state index in [1.54, 1.807) is 13.2 Å². The summed E-state index contributed by atoms with van der Waals surface area (Å²) in [5.41, 5.74) is 8.36. The molecule has 2 amide bonds. The minimum atomic E-state index is -0.474. The van der Waals surface area contributed by atoms with Crippen molar-refractivity contribution in [1.82, 2.24) is 20.1 Å². The first-order valence-electron chi connectivity index (χ1n) is 13.1. The Morgan fingerprint density at radius 1 is 1.08 bits per heavy atom. The van der Waals surface area contributed by atoms with Gasteiger partial charge in [-0.2, -0.15) is 0 Å². The number of methoxy groups -OCH3 is 1. The molecule has 2 aliphatic rings. The molecule has 0 aliphatic carbocycles. The highest BCUT2D eigenvalue weighted by Crippen LogP contribution is 2.45. The molecule has 0 spiro atoms. The van der Waals surface area contributed by atoms with E-state index in [1.807, 2.05) is 83.6 Å². The molecule has 2 aromatic carbocycles. The summed E-state index contributed by atoms with van der Waals surface area (Å²) >= 11 is 0. The number of nitrogens with one attached hydrogen (secondary N) is 2. The Labute approximate surface area is 224 Å². The van der Waals surface area contributed by atoms with Gasteiger partial charge in [-0.05, 0) is 36.9 Å². The molecule has 3 aromatic rings. The van der Waals surface area contributed by atoms with E-state index in [4.69, 9.17) is 10.5 Å². The zero-order chi connectivity index (χ0) is 26.9. The van der Waals surface area contributed by atoms with Crippen molar-refractivity contribution >= 4 is 22.7 Å². The average molecular weight is 516 g/mol. The average Bonchev–Trinajstić information content (AvgIpc) is 3.40. The van der Waals surface area contributed by atoms with Gasteiger partial charge in [-0.15, -0.1) is 0 Å². The van der Waals surface area contributed by atoms with E-state index in [0.717, 1.165) is 35.1 Å². The number of carbonyl (C=O) groups is 2. The number of fused-ring (bicyclic) bond motifs is 2. The van der Waals surface area contributed by atoms with E-state index in [2.05, 4.69) is 10.3 Å². The molecule has 8 heteroatoms. The molecule has 2 aliphatic heterocycles. The van der Waals surface area contributed by atoms with Crippen molar-refractivity contribution in [2.45, 2.75) is 18.9 Å². The van der Waals surface area contributed by atoms with Gasteiger partial charge in [0.15, 0.2) is 0 Å². The van der Waals surface area contributed by atoms with E-state index in [-0.39, 0.29) is 11.8 Å². The molecule has 5 rings (SSSR count).